The third-order valence-corrected chi connectivity index (χ3v) is 5.53. The van der Waals surface area contributed by atoms with Crippen LogP contribution in [0.5, 0.6) is 0 Å². The second-order valence-corrected chi connectivity index (χ2v) is 7.06. The van der Waals surface area contributed by atoms with E-state index in [9.17, 15) is 10.5 Å². The third kappa shape index (κ3) is 1.41. The molecule has 1 aromatic carbocycles. The van der Waals surface area contributed by atoms with E-state index in [0.717, 1.165) is 10.0 Å². The summed E-state index contributed by atoms with van der Waals surface area (Å²) in [5.74, 6) is -1.80. The molecule has 116 valence electrons. The summed E-state index contributed by atoms with van der Waals surface area (Å²) < 4.78 is 12.5. The second-order valence-electron chi connectivity index (χ2n) is 6.14. The van der Waals surface area contributed by atoms with Crippen molar-refractivity contribution in [3.63, 3.8) is 0 Å². The molecule has 0 amide bonds. The number of halogens is 1. The van der Waals surface area contributed by atoms with Crippen molar-refractivity contribution in [2.45, 2.75) is 24.9 Å². The molecule has 0 unspecified atom stereocenters. The molecule has 1 aliphatic carbocycles. The number of ether oxygens (including phenoxy) is 2. The Morgan fingerprint density at radius 3 is 2.52 bits per heavy atom. The summed E-state index contributed by atoms with van der Waals surface area (Å²) in [7, 11) is 0. The first-order valence-electron chi connectivity index (χ1n) is 7.23. The first-order valence-corrected chi connectivity index (χ1v) is 8.02. The number of hydrogen-bond donors (Lipinski definition) is 1. The van der Waals surface area contributed by atoms with Crippen LogP contribution in [0.1, 0.15) is 18.4 Å². The van der Waals surface area contributed by atoms with Crippen LogP contribution in [-0.4, -0.2) is 24.5 Å². The van der Waals surface area contributed by atoms with Gasteiger partial charge in [0.2, 0.25) is 0 Å². The Kier molecular flexibility index (Phi) is 2.76. The zero-order chi connectivity index (χ0) is 16.5. The van der Waals surface area contributed by atoms with Gasteiger partial charge in [-0.2, -0.15) is 10.5 Å². The molecule has 2 heterocycles. The smallest absolute Gasteiger partial charge is 0.293 e. The predicted molar refractivity (Wildman–Crippen MR) is 83.8 cm³/mol. The molecule has 2 aliphatic heterocycles. The van der Waals surface area contributed by atoms with E-state index < -0.39 is 22.7 Å². The van der Waals surface area contributed by atoms with Crippen LogP contribution >= 0.6 is 15.9 Å². The van der Waals surface area contributed by atoms with Crippen molar-refractivity contribution >= 4 is 21.8 Å². The molecule has 1 spiro atoms. The highest BCUT2D eigenvalue weighted by atomic mass is 79.9. The van der Waals surface area contributed by atoms with Crippen LogP contribution in [0.15, 0.2) is 33.7 Å². The van der Waals surface area contributed by atoms with E-state index in [1.807, 2.05) is 31.2 Å². The van der Waals surface area contributed by atoms with Gasteiger partial charge in [0.05, 0.1) is 24.8 Å². The molecule has 0 radical (unpaired) electrons. The molecule has 2 fully saturated rings. The van der Waals surface area contributed by atoms with Crippen LogP contribution in [0, 0.1) is 33.5 Å². The largest absolute Gasteiger partial charge is 0.386 e. The number of nitrogens with two attached hydrogens (primary N) is 1. The van der Waals surface area contributed by atoms with Gasteiger partial charge in [0.15, 0.2) is 5.41 Å². The average Bonchev–Trinajstić information content (AvgIpc) is 2.92. The highest BCUT2D eigenvalue weighted by molar-refractivity contribution is 9.10. The van der Waals surface area contributed by atoms with Crippen LogP contribution in [0.3, 0.4) is 0 Å². The Labute approximate surface area is 141 Å². The fourth-order valence-corrected chi connectivity index (χ4v) is 4.28. The van der Waals surface area contributed by atoms with Gasteiger partial charge in [-0.05, 0) is 24.6 Å². The molecule has 7 heteroatoms. The van der Waals surface area contributed by atoms with Gasteiger partial charge in [-0.3, -0.25) is 0 Å². The van der Waals surface area contributed by atoms with E-state index in [1.165, 1.54) is 0 Å². The molecule has 0 aromatic heterocycles. The highest BCUT2D eigenvalue weighted by Gasteiger charge is 2.94. The average molecular weight is 373 g/mol. The summed E-state index contributed by atoms with van der Waals surface area (Å²) in [6.07, 6.45) is -0.211. The van der Waals surface area contributed by atoms with Crippen LogP contribution in [0.4, 0.5) is 0 Å². The lowest BCUT2D eigenvalue weighted by Crippen LogP contribution is -2.39. The minimum Gasteiger partial charge on any atom is -0.386 e. The molecule has 1 aromatic rings. The Hall–Kier alpha value is -1.93. The molecule has 6 nitrogen and oxygen atoms in total. The van der Waals surface area contributed by atoms with Crippen molar-refractivity contribution in [2.75, 3.05) is 6.61 Å². The summed E-state index contributed by atoms with van der Waals surface area (Å²) in [6.45, 7) is 2.16. The summed E-state index contributed by atoms with van der Waals surface area (Å²) in [4.78, 5) is 4.28. The molecule has 1 saturated heterocycles. The Bertz CT molecular complexity index is 811. The van der Waals surface area contributed by atoms with Gasteiger partial charge >= 0.3 is 0 Å². The zero-order valence-electron chi connectivity index (χ0n) is 12.3. The van der Waals surface area contributed by atoms with E-state index in [1.54, 1.807) is 0 Å². The van der Waals surface area contributed by atoms with E-state index in [4.69, 9.17) is 15.2 Å². The van der Waals surface area contributed by atoms with E-state index >= 15 is 0 Å². The lowest BCUT2D eigenvalue weighted by Gasteiger charge is -2.26. The summed E-state index contributed by atoms with van der Waals surface area (Å²) in [6, 6.07) is 12.0. The van der Waals surface area contributed by atoms with Crippen molar-refractivity contribution in [1.29, 1.82) is 10.5 Å². The van der Waals surface area contributed by atoms with Crippen molar-refractivity contribution in [2.24, 2.45) is 21.6 Å². The van der Waals surface area contributed by atoms with E-state index in [2.05, 4.69) is 33.1 Å². The first kappa shape index (κ1) is 14.6. The van der Waals surface area contributed by atoms with Gasteiger partial charge in [0, 0.05) is 10.4 Å². The maximum absolute atomic E-state index is 9.98. The van der Waals surface area contributed by atoms with Gasteiger partial charge in [-0.25, -0.2) is 4.99 Å². The van der Waals surface area contributed by atoms with Gasteiger partial charge in [0.25, 0.3) is 5.91 Å². The normalized spacial score (nSPS) is 43.6. The van der Waals surface area contributed by atoms with Crippen LogP contribution < -0.4 is 5.73 Å². The fraction of sp³-hybridized carbons (Fsp3) is 0.438. The van der Waals surface area contributed by atoms with Crippen molar-refractivity contribution < 1.29 is 9.47 Å². The number of aliphatic imine (C=N–C) groups is 1. The first-order chi connectivity index (χ1) is 11.0. The second kappa shape index (κ2) is 4.33. The zero-order valence-corrected chi connectivity index (χ0v) is 13.9. The predicted octanol–water partition coefficient (Wildman–Crippen LogP) is 2.03. The summed E-state index contributed by atoms with van der Waals surface area (Å²) >= 11 is 3.39. The number of fused-ring (bicyclic) bond motifs is 2. The lowest BCUT2D eigenvalue weighted by atomic mass is 9.94. The van der Waals surface area contributed by atoms with Crippen LogP contribution in [-0.2, 0) is 9.47 Å². The Morgan fingerprint density at radius 1 is 1.30 bits per heavy atom. The fourth-order valence-electron chi connectivity index (χ4n) is 4.02. The highest BCUT2D eigenvalue weighted by Crippen LogP contribution is 2.82. The Balaban J connectivity index is 1.91. The third-order valence-electron chi connectivity index (χ3n) is 5.01. The minimum absolute atomic E-state index is 0.114. The SMILES string of the molecule is C[C@H]1CO[C@]2(N=C(N)[C@@]3(C#N)[C@@H](c4ccc(Br)cc4)[C@@]23C#N)O1. The number of benzene rings is 1. The van der Waals surface area contributed by atoms with Crippen molar-refractivity contribution in [1.82, 2.24) is 0 Å². The van der Waals surface area contributed by atoms with Crippen LogP contribution in [0.25, 0.3) is 0 Å². The summed E-state index contributed by atoms with van der Waals surface area (Å²) in [5, 5.41) is 19.8. The van der Waals surface area contributed by atoms with Crippen molar-refractivity contribution in [3.05, 3.63) is 34.3 Å². The molecular formula is C16H13BrN4O2. The maximum atomic E-state index is 9.98. The minimum atomic E-state index is -1.49. The summed E-state index contributed by atoms with van der Waals surface area (Å²) in [5.41, 5.74) is 4.48. The number of amidine groups is 1. The van der Waals surface area contributed by atoms with Gasteiger partial charge in [0.1, 0.15) is 11.3 Å². The molecule has 4 rings (SSSR count). The van der Waals surface area contributed by atoms with Crippen molar-refractivity contribution in [3.8, 4) is 12.1 Å². The topological polar surface area (TPSA) is 104 Å². The number of hydrogen-bond acceptors (Lipinski definition) is 6. The molecule has 2 N–H and O–H groups in total. The maximum Gasteiger partial charge on any atom is 0.293 e. The van der Waals surface area contributed by atoms with E-state index in [-0.39, 0.29) is 11.9 Å². The molecular weight excluding hydrogens is 360 g/mol. The molecule has 0 bridgehead atoms. The van der Waals surface area contributed by atoms with Gasteiger partial charge in [-0.15, -0.1) is 0 Å². The van der Waals surface area contributed by atoms with E-state index in [0.29, 0.717) is 6.61 Å². The number of nitriles is 2. The number of rotatable bonds is 1. The Morgan fingerprint density at radius 2 is 2.00 bits per heavy atom. The lowest BCUT2D eigenvalue weighted by molar-refractivity contribution is -0.193. The van der Waals surface area contributed by atoms with Gasteiger partial charge < -0.3 is 15.2 Å². The monoisotopic (exact) mass is 372 g/mol. The number of nitrogens with zero attached hydrogens (tertiary/aromatic N) is 3. The quantitative estimate of drug-likeness (QED) is 0.811. The molecule has 5 atom stereocenters. The molecule has 3 aliphatic rings. The van der Waals surface area contributed by atoms with Gasteiger partial charge in [-0.1, -0.05) is 28.1 Å². The van der Waals surface area contributed by atoms with Crippen LogP contribution in [0.2, 0.25) is 0 Å². The molecule has 1 saturated carbocycles. The standard InChI is InChI=1S/C16H13BrN4O2/c1-9-6-22-16(23-9)15(8-19)12(10-2-4-11(17)5-3-10)14(15,7-18)13(20)21-16/h2-5,9,12H,6H2,1H3,(H2,20,21)/t9-,12+,14+,15+,16-/m0/s1. The molecule has 23 heavy (non-hydrogen) atoms.